The predicted octanol–water partition coefficient (Wildman–Crippen LogP) is 0.0967. The summed E-state index contributed by atoms with van der Waals surface area (Å²) in [5.74, 6) is 0.152. The van der Waals surface area contributed by atoms with Gasteiger partial charge in [0.05, 0.1) is 18.1 Å². The van der Waals surface area contributed by atoms with Crippen LogP contribution in [0.1, 0.15) is 0 Å². The molecule has 4 N–H and O–H groups in total. The van der Waals surface area contributed by atoms with Gasteiger partial charge in [-0.3, -0.25) is 0 Å². The SMILES string of the molecule is Nc1cnc(NCC(O)C(F)F)nc1. The number of aliphatic hydroxyl groups excluding tert-OH is 1. The Hall–Kier alpha value is -1.50. The Morgan fingerprint density at radius 2 is 2.00 bits per heavy atom. The summed E-state index contributed by atoms with van der Waals surface area (Å²) in [6, 6.07) is 0. The first-order valence-corrected chi connectivity index (χ1v) is 3.87. The molecule has 0 saturated carbocycles. The van der Waals surface area contributed by atoms with Crippen LogP contribution in [0.25, 0.3) is 0 Å². The highest BCUT2D eigenvalue weighted by molar-refractivity contribution is 5.35. The number of alkyl halides is 2. The van der Waals surface area contributed by atoms with Crippen LogP contribution < -0.4 is 11.1 Å². The van der Waals surface area contributed by atoms with E-state index in [0.717, 1.165) is 0 Å². The summed E-state index contributed by atoms with van der Waals surface area (Å²) in [5, 5.41) is 11.2. The second-order valence-corrected chi connectivity index (χ2v) is 2.62. The van der Waals surface area contributed by atoms with Crippen molar-refractivity contribution >= 4 is 11.6 Å². The van der Waals surface area contributed by atoms with E-state index in [1.54, 1.807) is 0 Å². The largest absolute Gasteiger partial charge is 0.396 e. The molecule has 1 rings (SSSR count). The van der Waals surface area contributed by atoms with Crippen molar-refractivity contribution in [2.24, 2.45) is 0 Å². The lowest BCUT2D eigenvalue weighted by Crippen LogP contribution is -2.27. The molecule has 78 valence electrons. The first-order valence-electron chi connectivity index (χ1n) is 3.87. The minimum atomic E-state index is -2.78. The Kier molecular flexibility index (Phi) is 3.52. The number of hydrogen-bond acceptors (Lipinski definition) is 5. The third-order valence-electron chi connectivity index (χ3n) is 1.43. The molecule has 0 aliphatic rings. The molecule has 0 radical (unpaired) electrons. The summed E-state index contributed by atoms with van der Waals surface area (Å²) in [6.45, 7) is -0.304. The van der Waals surface area contributed by atoms with E-state index in [-0.39, 0.29) is 12.5 Å². The fourth-order valence-electron chi connectivity index (χ4n) is 0.714. The number of nitrogens with one attached hydrogen (secondary N) is 1. The summed E-state index contributed by atoms with van der Waals surface area (Å²) in [6.07, 6.45) is -1.83. The van der Waals surface area contributed by atoms with Crippen molar-refractivity contribution in [1.29, 1.82) is 0 Å². The van der Waals surface area contributed by atoms with E-state index in [4.69, 9.17) is 10.8 Å². The van der Waals surface area contributed by atoms with Crippen LogP contribution >= 0.6 is 0 Å². The molecule has 7 heteroatoms. The average Bonchev–Trinajstić information content (AvgIpc) is 2.16. The van der Waals surface area contributed by atoms with Gasteiger partial charge in [0.1, 0.15) is 6.10 Å². The van der Waals surface area contributed by atoms with Crippen LogP contribution in [0.2, 0.25) is 0 Å². The number of halogens is 2. The highest BCUT2D eigenvalue weighted by Gasteiger charge is 2.16. The second kappa shape index (κ2) is 4.66. The monoisotopic (exact) mass is 204 g/mol. The molecule has 5 nitrogen and oxygen atoms in total. The first-order chi connectivity index (χ1) is 6.59. The summed E-state index contributed by atoms with van der Waals surface area (Å²) in [5.41, 5.74) is 5.69. The highest BCUT2D eigenvalue weighted by atomic mass is 19.3. The fraction of sp³-hybridized carbons (Fsp3) is 0.429. The zero-order valence-electron chi connectivity index (χ0n) is 7.19. The Labute approximate surface area is 79.0 Å². The minimum Gasteiger partial charge on any atom is -0.396 e. The van der Waals surface area contributed by atoms with Crippen molar-refractivity contribution in [2.45, 2.75) is 12.5 Å². The number of rotatable bonds is 4. The van der Waals surface area contributed by atoms with Gasteiger partial charge in [-0.1, -0.05) is 0 Å². The zero-order valence-corrected chi connectivity index (χ0v) is 7.19. The minimum absolute atomic E-state index is 0.152. The number of hydrogen-bond donors (Lipinski definition) is 3. The fourth-order valence-corrected chi connectivity index (χ4v) is 0.714. The molecule has 0 saturated heterocycles. The van der Waals surface area contributed by atoms with E-state index in [0.29, 0.717) is 5.69 Å². The van der Waals surface area contributed by atoms with Crippen molar-refractivity contribution in [2.75, 3.05) is 17.6 Å². The van der Waals surface area contributed by atoms with Crippen molar-refractivity contribution < 1.29 is 13.9 Å². The van der Waals surface area contributed by atoms with Crippen LogP contribution in [0.15, 0.2) is 12.4 Å². The molecule has 1 heterocycles. The maximum Gasteiger partial charge on any atom is 0.265 e. The Morgan fingerprint density at radius 3 is 2.50 bits per heavy atom. The van der Waals surface area contributed by atoms with Crippen molar-refractivity contribution in [1.82, 2.24) is 9.97 Å². The van der Waals surface area contributed by atoms with Crippen LogP contribution in [-0.2, 0) is 0 Å². The molecule has 1 atom stereocenters. The van der Waals surface area contributed by atoms with E-state index in [2.05, 4.69) is 15.3 Å². The van der Waals surface area contributed by atoms with Gasteiger partial charge in [0, 0.05) is 6.54 Å². The third-order valence-corrected chi connectivity index (χ3v) is 1.43. The lowest BCUT2D eigenvalue weighted by atomic mass is 10.4. The summed E-state index contributed by atoms with van der Waals surface area (Å²) in [4.78, 5) is 7.41. The number of anilines is 2. The Morgan fingerprint density at radius 1 is 1.43 bits per heavy atom. The Balaban J connectivity index is 2.42. The molecule has 0 aliphatic heterocycles. The Bertz CT molecular complexity index is 280. The highest BCUT2D eigenvalue weighted by Crippen LogP contribution is 2.03. The normalized spacial score (nSPS) is 12.9. The number of aromatic nitrogens is 2. The molecule has 0 aromatic carbocycles. The van der Waals surface area contributed by atoms with E-state index in [9.17, 15) is 8.78 Å². The molecule has 1 aromatic heterocycles. The molecule has 1 unspecified atom stereocenters. The summed E-state index contributed by atoms with van der Waals surface area (Å²) < 4.78 is 23.7. The molecule has 14 heavy (non-hydrogen) atoms. The van der Waals surface area contributed by atoms with E-state index in [1.165, 1.54) is 12.4 Å². The van der Waals surface area contributed by atoms with Gasteiger partial charge >= 0.3 is 0 Å². The standard InChI is InChI=1S/C7H10F2N4O/c8-6(9)5(14)3-13-7-11-1-4(10)2-12-7/h1-2,5-6,14H,3,10H2,(H,11,12,13). The molecular formula is C7H10F2N4O. The van der Waals surface area contributed by atoms with Gasteiger partial charge in [-0.25, -0.2) is 18.7 Å². The van der Waals surface area contributed by atoms with Gasteiger partial charge in [-0.05, 0) is 0 Å². The molecule has 0 fully saturated rings. The van der Waals surface area contributed by atoms with Crippen LogP contribution in [0, 0.1) is 0 Å². The maximum atomic E-state index is 11.8. The molecule has 0 amide bonds. The van der Waals surface area contributed by atoms with Gasteiger partial charge in [0.15, 0.2) is 0 Å². The lowest BCUT2D eigenvalue weighted by Gasteiger charge is -2.09. The van der Waals surface area contributed by atoms with Crippen molar-refractivity contribution in [3.05, 3.63) is 12.4 Å². The lowest BCUT2D eigenvalue weighted by molar-refractivity contribution is 0.00376. The van der Waals surface area contributed by atoms with Gasteiger partial charge in [-0.2, -0.15) is 0 Å². The van der Waals surface area contributed by atoms with E-state index >= 15 is 0 Å². The van der Waals surface area contributed by atoms with E-state index < -0.39 is 12.5 Å². The van der Waals surface area contributed by atoms with Crippen LogP contribution in [0.3, 0.4) is 0 Å². The maximum absolute atomic E-state index is 11.8. The topological polar surface area (TPSA) is 84.1 Å². The molecule has 0 bridgehead atoms. The predicted molar refractivity (Wildman–Crippen MR) is 46.9 cm³/mol. The van der Waals surface area contributed by atoms with E-state index in [1.807, 2.05) is 0 Å². The molecule has 0 spiro atoms. The van der Waals surface area contributed by atoms with Gasteiger partial charge in [-0.15, -0.1) is 0 Å². The number of nitrogens with two attached hydrogens (primary N) is 1. The molecule has 1 aromatic rings. The number of aliphatic hydroxyl groups is 1. The third kappa shape index (κ3) is 3.09. The van der Waals surface area contributed by atoms with Crippen LogP contribution in [0.5, 0.6) is 0 Å². The average molecular weight is 204 g/mol. The number of nitrogen functional groups attached to an aromatic ring is 1. The summed E-state index contributed by atoms with van der Waals surface area (Å²) >= 11 is 0. The molecule has 0 aliphatic carbocycles. The smallest absolute Gasteiger partial charge is 0.265 e. The zero-order chi connectivity index (χ0) is 10.6. The van der Waals surface area contributed by atoms with Crippen LogP contribution in [-0.4, -0.2) is 34.1 Å². The first kappa shape index (κ1) is 10.6. The quantitative estimate of drug-likeness (QED) is 0.647. The second-order valence-electron chi connectivity index (χ2n) is 2.62. The molecular weight excluding hydrogens is 194 g/mol. The van der Waals surface area contributed by atoms with Gasteiger partial charge in [0.2, 0.25) is 5.95 Å². The number of nitrogens with zero attached hydrogens (tertiary/aromatic N) is 2. The summed E-state index contributed by atoms with van der Waals surface area (Å²) in [7, 11) is 0. The van der Waals surface area contributed by atoms with Gasteiger partial charge in [0.25, 0.3) is 6.43 Å². The van der Waals surface area contributed by atoms with Crippen LogP contribution in [0.4, 0.5) is 20.4 Å². The van der Waals surface area contributed by atoms with Gasteiger partial charge < -0.3 is 16.2 Å². The van der Waals surface area contributed by atoms with Crippen molar-refractivity contribution in [3.8, 4) is 0 Å². The van der Waals surface area contributed by atoms with Crippen molar-refractivity contribution in [3.63, 3.8) is 0 Å².